The van der Waals surface area contributed by atoms with Crippen molar-refractivity contribution in [2.75, 3.05) is 0 Å². The lowest BCUT2D eigenvalue weighted by atomic mass is 10.2. The minimum atomic E-state index is 1.17. The maximum Gasteiger partial charge on any atom is -0.0263 e. The average molecular weight is 252 g/mol. The van der Waals surface area contributed by atoms with Crippen LogP contribution in [-0.2, 0) is 0 Å². The highest BCUT2D eigenvalue weighted by Crippen LogP contribution is 1.97. The van der Waals surface area contributed by atoms with Crippen LogP contribution in [0.1, 0.15) is 12.5 Å². The molecule has 0 saturated heterocycles. The lowest BCUT2D eigenvalue weighted by molar-refractivity contribution is 1.67. The van der Waals surface area contributed by atoms with E-state index in [4.69, 9.17) is 0 Å². The monoisotopic (exact) mass is 252 g/mol. The molecule has 2 aromatic rings. The summed E-state index contributed by atoms with van der Waals surface area (Å²) in [5, 5.41) is 0. The third kappa shape index (κ3) is 15.7. The van der Waals surface area contributed by atoms with Crippen LogP contribution in [0.4, 0.5) is 0 Å². The first-order valence-corrected chi connectivity index (χ1v) is 6.09. The van der Waals surface area contributed by atoms with Gasteiger partial charge >= 0.3 is 0 Å². The van der Waals surface area contributed by atoms with Gasteiger partial charge in [-0.1, -0.05) is 85.5 Å². The lowest BCUT2D eigenvalue weighted by Gasteiger charge is -1.85. The van der Waals surface area contributed by atoms with Gasteiger partial charge in [-0.05, 0) is 12.5 Å². The van der Waals surface area contributed by atoms with Crippen molar-refractivity contribution >= 4 is 6.08 Å². The summed E-state index contributed by atoms with van der Waals surface area (Å²) in [4.78, 5) is 0. The van der Waals surface area contributed by atoms with E-state index in [-0.39, 0.29) is 0 Å². The number of hydrogen-bond donors (Lipinski definition) is 0. The molecular formula is C19H24. The Labute approximate surface area is 118 Å². The standard InChI is InChI=1S/C8H8.C6H6.C3H6.C2H4/c1-2-8-6-4-3-5-7-8;1-2-4-6-5-3-1;1-3-2;1-2/h2-7H,1H2;1-6H;3H,1H2,2H3;1-2H2. The minimum Gasteiger partial charge on any atom is -0.106 e. The van der Waals surface area contributed by atoms with Crippen LogP contribution in [0.25, 0.3) is 6.08 Å². The first-order valence-electron chi connectivity index (χ1n) is 6.09. The van der Waals surface area contributed by atoms with Crippen molar-refractivity contribution in [3.05, 3.63) is 105 Å². The highest BCUT2D eigenvalue weighted by atomic mass is 13.8. The summed E-state index contributed by atoms with van der Waals surface area (Å²) < 4.78 is 0. The second-order valence-electron chi connectivity index (χ2n) is 3.18. The van der Waals surface area contributed by atoms with Gasteiger partial charge in [-0.2, -0.15) is 0 Å². The Hall–Kier alpha value is -2.34. The molecule has 0 radical (unpaired) electrons. The number of hydrogen-bond acceptors (Lipinski definition) is 0. The van der Waals surface area contributed by atoms with Gasteiger partial charge in [0.2, 0.25) is 0 Å². The zero-order valence-electron chi connectivity index (χ0n) is 11.8. The van der Waals surface area contributed by atoms with E-state index in [2.05, 4.69) is 26.3 Å². The Bertz CT molecular complexity index is 360. The Morgan fingerprint density at radius 1 is 0.684 bits per heavy atom. The molecule has 2 rings (SSSR count). The third-order valence-corrected chi connectivity index (χ3v) is 1.70. The van der Waals surface area contributed by atoms with Gasteiger partial charge in [-0.3, -0.25) is 0 Å². The molecule has 0 aliphatic rings. The van der Waals surface area contributed by atoms with Crippen molar-refractivity contribution in [2.24, 2.45) is 0 Å². The van der Waals surface area contributed by atoms with Crippen molar-refractivity contribution in [3.63, 3.8) is 0 Å². The first-order chi connectivity index (χ1) is 9.35. The fourth-order valence-corrected chi connectivity index (χ4v) is 0.974. The van der Waals surface area contributed by atoms with Crippen molar-refractivity contribution < 1.29 is 0 Å². The average Bonchev–Trinajstić information content (AvgIpc) is 2.53. The summed E-state index contributed by atoms with van der Waals surface area (Å²) in [6.07, 6.45) is 3.58. The maximum absolute atomic E-state index is 3.63. The Morgan fingerprint density at radius 2 is 0.947 bits per heavy atom. The van der Waals surface area contributed by atoms with E-state index in [9.17, 15) is 0 Å². The van der Waals surface area contributed by atoms with E-state index >= 15 is 0 Å². The largest absolute Gasteiger partial charge is 0.106 e. The SMILES string of the molecule is C=C.C=CC.C=Cc1ccccc1.c1ccccc1. The molecule has 0 saturated carbocycles. The van der Waals surface area contributed by atoms with Crippen LogP contribution >= 0.6 is 0 Å². The molecule has 0 atom stereocenters. The second kappa shape index (κ2) is 18.0. The highest BCUT2D eigenvalue weighted by molar-refractivity contribution is 5.45. The van der Waals surface area contributed by atoms with Crippen LogP contribution in [0.3, 0.4) is 0 Å². The number of benzene rings is 2. The van der Waals surface area contributed by atoms with E-state index < -0.39 is 0 Å². The molecule has 19 heavy (non-hydrogen) atoms. The quantitative estimate of drug-likeness (QED) is 0.545. The first kappa shape index (κ1) is 19.0. The molecule has 100 valence electrons. The third-order valence-electron chi connectivity index (χ3n) is 1.70. The fourth-order valence-electron chi connectivity index (χ4n) is 0.974. The van der Waals surface area contributed by atoms with Crippen LogP contribution in [0.5, 0.6) is 0 Å². The molecule has 0 aliphatic heterocycles. The second-order valence-corrected chi connectivity index (χ2v) is 3.18. The topological polar surface area (TPSA) is 0 Å². The summed E-state index contributed by atoms with van der Waals surface area (Å²) >= 11 is 0. The predicted octanol–water partition coefficient (Wildman–Crippen LogP) is 6.01. The Balaban J connectivity index is 0. The van der Waals surface area contributed by atoms with Gasteiger partial charge in [0, 0.05) is 0 Å². The molecule has 0 bridgehead atoms. The van der Waals surface area contributed by atoms with Gasteiger partial charge in [0.15, 0.2) is 0 Å². The summed E-state index contributed by atoms with van der Waals surface area (Å²) in [7, 11) is 0. The van der Waals surface area contributed by atoms with Crippen molar-refractivity contribution in [1.82, 2.24) is 0 Å². The zero-order chi connectivity index (χ0) is 14.8. The summed E-state index contributed by atoms with van der Waals surface area (Å²) in [6, 6.07) is 22.0. The molecule has 0 heterocycles. The van der Waals surface area contributed by atoms with Crippen LogP contribution in [0, 0.1) is 0 Å². The smallest absolute Gasteiger partial charge is 0.0263 e. The van der Waals surface area contributed by atoms with Crippen LogP contribution in [-0.4, -0.2) is 0 Å². The van der Waals surface area contributed by atoms with Crippen LogP contribution in [0.15, 0.2) is 99.1 Å². The van der Waals surface area contributed by atoms with E-state index in [1.165, 1.54) is 5.56 Å². The van der Waals surface area contributed by atoms with Gasteiger partial charge in [0.1, 0.15) is 0 Å². The van der Waals surface area contributed by atoms with Crippen molar-refractivity contribution in [2.45, 2.75) is 6.92 Å². The molecule has 0 fully saturated rings. The van der Waals surface area contributed by atoms with Gasteiger partial charge in [-0.25, -0.2) is 0 Å². The molecule has 0 nitrogen and oxygen atoms in total. The molecule has 0 aromatic heterocycles. The fraction of sp³-hybridized carbons (Fsp3) is 0.0526. The Kier molecular flexibility index (Phi) is 18.0. The number of rotatable bonds is 1. The van der Waals surface area contributed by atoms with Crippen molar-refractivity contribution in [1.29, 1.82) is 0 Å². The van der Waals surface area contributed by atoms with Crippen LogP contribution in [0.2, 0.25) is 0 Å². The van der Waals surface area contributed by atoms with Crippen molar-refractivity contribution in [3.8, 4) is 0 Å². The molecule has 0 heteroatoms. The number of allylic oxidation sites excluding steroid dienone is 1. The van der Waals surface area contributed by atoms with E-state index in [1.54, 1.807) is 6.08 Å². The van der Waals surface area contributed by atoms with E-state index in [0.717, 1.165) is 0 Å². The van der Waals surface area contributed by atoms with Gasteiger partial charge < -0.3 is 0 Å². The minimum absolute atomic E-state index is 1.17. The zero-order valence-corrected chi connectivity index (χ0v) is 11.8. The highest BCUT2D eigenvalue weighted by Gasteiger charge is 1.75. The molecular weight excluding hydrogens is 228 g/mol. The summed E-state index contributed by atoms with van der Waals surface area (Å²) in [6.45, 7) is 14.9. The maximum atomic E-state index is 3.63. The van der Waals surface area contributed by atoms with Gasteiger partial charge in [0.05, 0.1) is 0 Å². The Morgan fingerprint density at radius 3 is 1.16 bits per heavy atom. The molecule has 2 aromatic carbocycles. The van der Waals surface area contributed by atoms with E-state index in [1.807, 2.05) is 79.7 Å². The van der Waals surface area contributed by atoms with E-state index in [0.29, 0.717) is 0 Å². The molecule has 0 aliphatic carbocycles. The summed E-state index contributed by atoms with van der Waals surface area (Å²) in [5.41, 5.74) is 1.17. The summed E-state index contributed by atoms with van der Waals surface area (Å²) in [5.74, 6) is 0. The van der Waals surface area contributed by atoms with Gasteiger partial charge in [-0.15, -0.1) is 19.7 Å². The molecule has 0 unspecified atom stereocenters. The lowest BCUT2D eigenvalue weighted by Crippen LogP contribution is -1.63. The molecule has 0 amide bonds. The molecule has 0 spiro atoms. The predicted molar refractivity (Wildman–Crippen MR) is 90.1 cm³/mol. The molecule has 0 N–H and O–H groups in total. The van der Waals surface area contributed by atoms with Gasteiger partial charge in [0.25, 0.3) is 0 Å². The normalized spacial score (nSPS) is 7.00. The van der Waals surface area contributed by atoms with Crippen LogP contribution < -0.4 is 0 Å².